The fourth-order valence-corrected chi connectivity index (χ4v) is 1.31. The van der Waals surface area contributed by atoms with E-state index in [9.17, 15) is 13.2 Å². The largest absolute Gasteiger partial charge is 0.435 e. The van der Waals surface area contributed by atoms with E-state index in [1.807, 2.05) is 0 Å². The zero-order valence-corrected chi connectivity index (χ0v) is 9.81. The van der Waals surface area contributed by atoms with Crippen molar-refractivity contribution in [3.8, 4) is 0 Å². The molecule has 8 heteroatoms. The lowest BCUT2D eigenvalue weighted by molar-refractivity contribution is -0.141. The predicted molar refractivity (Wildman–Crippen MR) is 58.2 cm³/mol. The molecule has 0 saturated carbocycles. The number of aliphatic hydroxyl groups excluding tert-OH is 1. The van der Waals surface area contributed by atoms with Crippen molar-refractivity contribution in [1.29, 1.82) is 0 Å². The zero-order chi connectivity index (χ0) is 13.6. The van der Waals surface area contributed by atoms with Crippen LogP contribution in [0, 0.1) is 0 Å². The third-order valence-corrected chi connectivity index (χ3v) is 2.20. The van der Waals surface area contributed by atoms with Gasteiger partial charge in [-0.15, -0.1) is 10.2 Å². The minimum absolute atomic E-state index is 0.133. The third kappa shape index (κ3) is 4.11. The number of methoxy groups -OCH3 is 1. The minimum Gasteiger partial charge on any atom is -0.395 e. The lowest BCUT2D eigenvalue weighted by Crippen LogP contribution is -2.31. The maximum absolute atomic E-state index is 12.3. The molecule has 18 heavy (non-hydrogen) atoms. The molecule has 0 aliphatic carbocycles. The number of nitrogens with zero attached hydrogens (tertiary/aromatic N) is 3. The van der Waals surface area contributed by atoms with Crippen molar-refractivity contribution in [3.63, 3.8) is 0 Å². The lowest BCUT2D eigenvalue weighted by Gasteiger charge is -2.21. The molecule has 1 rings (SSSR count). The monoisotopic (exact) mass is 265 g/mol. The van der Waals surface area contributed by atoms with Gasteiger partial charge < -0.3 is 14.7 Å². The van der Waals surface area contributed by atoms with Crippen molar-refractivity contribution < 1.29 is 23.0 Å². The summed E-state index contributed by atoms with van der Waals surface area (Å²) >= 11 is 0. The molecular formula is C10H14F3N3O2. The highest BCUT2D eigenvalue weighted by Gasteiger charge is 2.33. The highest BCUT2D eigenvalue weighted by atomic mass is 19.4. The highest BCUT2D eigenvalue weighted by molar-refractivity contribution is 5.37. The van der Waals surface area contributed by atoms with Gasteiger partial charge in [0.15, 0.2) is 11.5 Å². The molecular weight excluding hydrogens is 251 g/mol. The Morgan fingerprint density at radius 3 is 2.44 bits per heavy atom. The third-order valence-electron chi connectivity index (χ3n) is 2.20. The second-order valence-electron chi connectivity index (χ2n) is 3.48. The maximum Gasteiger partial charge on any atom is 0.435 e. The van der Waals surface area contributed by atoms with Crippen LogP contribution >= 0.6 is 0 Å². The van der Waals surface area contributed by atoms with E-state index in [0.717, 1.165) is 6.07 Å². The Labute approximate surface area is 102 Å². The molecule has 0 fully saturated rings. The van der Waals surface area contributed by atoms with Crippen molar-refractivity contribution in [2.75, 3.05) is 38.3 Å². The molecule has 1 heterocycles. The standard InChI is InChI=1S/C10H14F3N3O2/c1-18-7-5-16(4-6-17)9-3-2-8(14-15-9)10(11,12)13/h2-3,17H,4-7H2,1H3. The summed E-state index contributed by atoms with van der Waals surface area (Å²) in [6, 6.07) is 2.08. The number of alkyl halides is 3. The van der Waals surface area contributed by atoms with E-state index in [2.05, 4.69) is 10.2 Å². The Balaban J connectivity index is 2.79. The van der Waals surface area contributed by atoms with Crippen LogP contribution in [0.15, 0.2) is 12.1 Å². The van der Waals surface area contributed by atoms with E-state index in [1.54, 1.807) is 4.90 Å². The average molecular weight is 265 g/mol. The number of aliphatic hydroxyl groups is 1. The summed E-state index contributed by atoms with van der Waals surface area (Å²) < 4.78 is 41.8. The van der Waals surface area contributed by atoms with Crippen LogP contribution in [-0.4, -0.2) is 48.7 Å². The Hall–Kier alpha value is -1.41. The first-order chi connectivity index (χ1) is 8.49. The van der Waals surface area contributed by atoms with E-state index in [-0.39, 0.29) is 19.0 Å². The summed E-state index contributed by atoms with van der Waals surface area (Å²) in [5.41, 5.74) is -1.04. The second kappa shape index (κ2) is 6.50. The quantitative estimate of drug-likeness (QED) is 0.829. The molecule has 0 amide bonds. The van der Waals surface area contributed by atoms with Gasteiger partial charge in [0, 0.05) is 20.2 Å². The first kappa shape index (κ1) is 14.7. The van der Waals surface area contributed by atoms with Gasteiger partial charge in [-0.25, -0.2) is 0 Å². The highest BCUT2D eigenvalue weighted by Crippen LogP contribution is 2.27. The van der Waals surface area contributed by atoms with Gasteiger partial charge in [-0.05, 0) is 12.1 Å². The van der Waals surface area contributed by atoms with Crippen molar-refractivity contribution >= 4 is 5.82 Å². The Kier molecular flexibility index (Phi) is 5.29. The fourth-order valence-electron chi connectivity index (χ4n) is 1.31. The molecule has 0 unspecified atom stereocenters. The van der Waals surface area contributed by atoms with Crippen LogP contribution in [0.5, 0.6) is 0 Å². The van der Waals surface area contributed by atoms with Gasteiger partial charge in [0.1, 0.15) is 0 Å². The topological polar surface area (TPSA) is 58.5 Å². The fraction of sp³-hybridized carbons (Fsp3) is 0.600. The SMILES string of the molecule is COCCN(CCO)c1ccc(C(F)(F)F)nn1. The van der Waals surface area contributed by atoms with Gasteiger partial charge in [0.05, 0.1) is 13.2 Å². The summed E-state index contributed by atoms with van der Waals surface area (Å²) in [4.78, 5) is 1.59. The maximum atomic E-state index is 12.3. The lowest BCUT2D eigenvalue weighted by atomic mass is 10.3. The summed E-state index contributed by atoms with van der Waals surface area (Å²) in [6.45, 7) is 0.912. The molecule has 5 nitrogen and oxygen atoms in total. The molecule has 1 N–H and O–H groups in total. The number of anilines is 1. The van der Waals surface area contributed by atoms with Crippen molar-refractivity contribution in [1.82, 2.24) is 10.2 Å². The van der Waals surface area contributed by atoms with Crippen LogP contribution in [0.25, 0.3) is 0 Å². The number of hydrogen-bond acceptors (Lipinski definition) is 5. The van der Waals surface area contributed by atoms with E-state index >= 15 is 0 Å². The molecule has 0 spiro atoms. The Bertz CT molecular complexity index is 356. The van der Waals surface area contributed by atoms with Gasteiger partial charge in [0.25, 0.3) is 0 Å². The molecule has 0 atom stereocenters. The molecule has 0 saturated heterocycles. The number of ether oxygens (including phenoxy) is 1. The van der Waals surface area contributed by atoms with Crippen LogP contribution in [0.1, 0.15) is 5.69 Å². The normalized spacial score (nSPS) is 11.6. The van der Waals surface area contributed by atoms with Crippen LogP contribution in [0.4, 0.5) is 19.0 Å². The number of hydrogen-bond donors (Lipinski definition) is 1. The van der Waals surface area contributed by atoms with Crippen molar-refractivity contribution in [2.24, 2.45) is 0 Å². The first-order valence-electron chi connectivity index (χ1n) is 5.24. The van der Waals surface area contributed by atoms with Crippen LogP contribution < -0.4 is 4.90 Å². The summed E-state index contributed by atoms with van der Waals surface area (Å²) in [6.07, 6.45) is -4.50. The van der Waals surface area contributed by atoms with E-state index in [4.69, 9.17) is 9.84 Å². The van der Waals surface area contributed by atoms with Gasteiger partial charge >= 0.3 is 6.18 Å². The molecule has 102 valence electrons. The smallest absolute Gasteiger partial charge is 0.395 e. The molecule has 0 aliphatic rings. The number of rotatable bonds is 6. The van der Waals surface area contributed by atoms with Crippen LogP contribution in [0.3, 0.4) is 0 Å². The summed E-state index contributed by atoms with van der Waals surface area (Å²) in [7, 11) is 1.51. The van der Waals surface area contributed by atoms with Crippen molar-refractivity contribution in [2.45, 2.75) is 6.18 Å². The first-order valence-corrected chi connectivity index (χ1v) is 5.24. The predicted octanol–water partition coefficient (Wildman–Crippen LogP) is 0.941. The second-order valence-corrected chi connectivity index (χ2v) is 3.48. The van der Waals surface area contributed by atoms with E-state index in [0.29, 0.717) is 13.2 Å². The molecule has 0 bridgehead atoms. The van der Waals surface area contributed by atoms with Gasteiger partial charge in [-0.1, -0.05) is 0 Å². The van der Waals surface area contributed by atoms with Crippen LogP contribution in [-0.2, 0) is 10.9 Å². The van der Waals surface area contributed by atoms with Crippen molar-refractivity contribution in [3.05, 3.63) is 17.8 Å². The summed E-state index contributed by atoms with van der Waals surface area (Å²) in [5.74, 6) is 0.272. The Morgan fingerprint density at radius 1 is 1.28 bits per heavy atom. The zero-order valence-electron chi connectivity index (χ0n) is 9.81. The van der Waals surface area contributed by atoms with Gasteiger partial charge in [0.2, 0.25) is 0 Å². The number of aromatic nitrogens is 2. The van der Waals surface area contributed by atoms with Gasteiger partial charge in [-0.3, -0.25) is 0 Å². The molecule has 0 radical (unpaired) electrons. The molecule has 0 aromatic carbocycles. The van der Waals surface area contributed by atoms with Crippen LogP contribution in [0.2, 0.25) is 0 Å². The molecule has 1 aromatic rings. The molecule has 1 aromatic heterocycles. The van der Waals surface area contributed by atoms with E-state index < -0.39 is 11.9 Å². The van der Waals surface area contributed by atoms with E-state index in [1.165, 1.54) is 13.2 Å². The minimum atomic E-state index is -4.50. The average Bonchev–Trinajstić information content (AvgIpc) is 2.33. The Morgan fingerprint density at radius 2 is 2.00 bits per heavy atom. The molecule has 0 aliphatic heterocycles. The van der Waals surface area contributed by atoms with Gasteiger partial charge in [-0.2, -0.15) is 13.2 Å². The summed E-state index contributed by atoms with van der Waals surface area (Å²) in [5, 5.41) is 15.5. The number of halogens is 3.